The highest BCUT2D eigenvalue weighted by atomic mass is 16.5. The summed E-state index contributed by atoms with van der Waals surface area (Å²) in [5.74, 6) is 0.425. The Morgan fingerprint density at radius 1 is 1.22 bits per heavy atom. The molecular formula is C23H27N5O4. The van der Waals surface area contributed by atoms with Gasteiger partial charge in [0, 0.05) is 42.2 Å². The second-order valence-electron chi connectivity index (χ2n) is 7.98. The summed E-state index contributed by atoms with van der Waals surface area (Å²) in [6.07, 6.45) is 4.85. The zero-order valence-corrected chi connectivity index (χ0v) is 18.6. The van der Waals surface area contributed by atoms with Crippen LogP contribution in [0, 0.1) is 19.8 Å². The van der Waals surface area contributed by atoms with Crippen LogP contribution >= 0.6 is 0 Å². The normalized spacial score (nSPS) is 14.5. The van der Waals surface area contributed by atoms with Crippen LogP contribution in [-0.4, -0.2) is 45.6 Å². The van der Waals surface area contributed by atoms with Crippen molar-refractivity contribution in [3.63, 3.8) is 0 Å². The predicted octanol–water partition coefficient (Wildman–Crippen LogP) is 2.74. The summed E-state index contributed by atoms with van der Waals surface area (Å²) in [4.78, 5) is 31.2. The van der Waals surface area contributed by atoms with E-state index in [0.717, 1.165) is 22.5 Å². The molecule has 0 aliphatic carbocycles. The summed E-state index contributed by atoms with van der Waals surface area (Å²) in [6, 6.07) is 5.43. The molecule has 3 aromatic rings. The number of piperidine rings is 1. The Hall–Kier alpha value is -3.49. The van der Waals surface area contributed by atoms with E-state index in [9.17, 15) is 9.59 Å². The van der Waals surface area contributed by atoms with Gasteiger partial charge in [-0.1, -0.05) is 5.16 Å². The van der Waals surface area contributed by atoms with Gasteiger partial charge in [0.15, 0.2) is 0 Å². The van der Waals surface area contributed by atoms with Gasteiger partial charge in [-0.15, -0.1) is 0 Å². The Bertz CT molecular complexity index is 1140. The number of anilines is 1. The number of rotatable bonds is 6. The van der Waals surface area contributed by atoms with E-state index >= 15 is 0 Å². The van der Waals surface area contributed by atoms with E-state index in [2.05, 4.69) is 20.1 Å². The van der Waals surface area contributed by atoms with Crippen molar-refractivity contribution in [3.8, 4) is 11.3 Å². The molecule has 0 spiro atoms. The standard InChI is InChI=1S/C23H27N5O4/c1-4-31-23(30)17-7-9-27(10-8-17)19-11-21(29)28(25-13-19)14-20-16(3)32-26-22(20)18-6-5-15(2)24-12-18/h5-6,11-13,17H,4,7-10,14H2,1-3H3. The van der Waals surface area contributed by atoms with Gasteiger partial charge in [0.25, 0.3) is 5.56 Å². The molecule has 9 nitrogen and oxygen atoms in total. The predicted molar refractivity (Wildman–Crippen MR) is 118 cm³/mol. The first kappa shape index (κ1) is 21.7. The average Bonchev–Trinajstić information content (AvgIpc) is 3.16. The van der Waals surface area contributed by atoms with Crippen LogP contribution in [0.2, 0.25) is 0 Å². The van der Waals surface area contributed by atoms with Crippen molar-refractivity contribution in [2.24, 2.45) is 5.92 Å². The van der Waals surface area contributed by atoms with Gasteiger partial charge in [0.05, 0.1) is 31.0 Å². The Morgan fingerprint density at radius 2 is 2.00 bits per heavy atom. The molecule has 0 unspecified atom stereocenters. The quantitative estimate of drug-likeness (QED) is 0.542. The molecular weight excluding hydrogens is 410 g/mol. The van der Waals surface area contributed by atoms with Gasteiger partial charge in [0.1, 0.15) is 11.5 Å². The number of esters is 1. The van der Waals surface area contributed by atoms with Crippen LogP contribution in [0.4, 0.5) is 5.69 Å². The van der Waals surface area contributed by atoms with Gasteiger partial charge >= 0.3 is 5.97 Å². The summed E-state index contributed by atoms with van der Waals surface area (Å²) >= 11 is 0. The maximum Gasteiger partial charge on any atom is 0.309 e. The number of hydrogen-bond donors (Lipinski definition) is 0. The second kappa shape index (κ2) is 9.33. The molecule has 0 saturated carbocycles. The maximum atomic E-state index is 12.8. The Labute approximate surface area is 186 Å². The molecule has 1 aliphatic heterocycles. The van der Waals surface area contributed by atoms with E-state index < -0.39 is 0 Å². The molecule has 0 amide bonds. The van der Waals surface area contributed by atoms with Crippen molar-refractivity contribution in [1.82, 2.24) is 19.9 Å². The molecule has 1 saturated heterocycles. The van der Waals surface area contributed by atoms with Gasteiger partial charge in [-0.05, 0) is 45.7 Å². The summed E-state index contributed by atoms with van der Waals surface area (Å²) in [6.45, 7) is 7.57. The number of pyridine rings is 1. The highest BCUT2D eigenvalue weighted by Gasteiger charge is 2.26. The fraction of sp³-hybridized carbons (Fsp3) is 0.435. The first-order chi connectivity index (χ1) is 15.5. The molecule has 0 atom stereocenters. The fourth-order valence-corrected chi connectivity index (χ4v) is 3.91. The summed E-state index contributed by atoms with van der Waals surface area (Å²) in [5, 5.41) is 8.55. The van der Waals surface area contributed by atoms with Crippen LogP contribution in [0.1, 0.15) is 36.8 Å². The average molecular weight is 438 g/mol. The smallest absolute Gasteiger partial charge is 0.309 e. The molecule has 0 aromatic carbocycles. The van der Waals surface area contributed by atoms with E-state index in [1.54, 1.807) is 18.5 Å². The van der Waals surface area contributed by atoms with Crippen molar-refractivity contribution in [2.75, 3.05) is 24.6 Å². The minimum atomic E-state index is -0.205. The highest BCUT2D eigenvalue weighted by Crippen LogP contribution is 2.26. The number of carbonyl (C=O) groups excluding carboxylic acids is 1. The van der Waals surface area contributed by atoms with Crippen molar-refractivity contribution < 1.29 is 14.1 Å². The lowest BCUT2D eigenvalue weighted by atomic mass is 9.97. The monoisotopic (exact) mass is 437 g/mol. The number of aromatic nitrogens is 4. The first-order valence-corrected chi connectivity index (χ1v) is 10.8. The minimum Gasteiger partial charge on any atom is -0.466 e. The van der Waals surface area contributed by atoms with Gasteiger partial charge < -0.3 is 14.2 Å². The van der Waals surface area contributed by atoms with E-state index in [4.69, 9.17) is 9.26 Å². The molecule has 32 heavy (non-hydrogen) atoms. The lowest BCUT2D eigenvalue weighted by Crippen LogP contribution is -2.38. The Kier molecular flexibility index (Phi) is 6.34. The highest BCUT2D eigenvalue weighted by molar-refractivity contribution is 5.72. The largest absolute Gasteiger partial charge is 0.466 e. The summed E-state index contributed by atoms with van der Waals surface area (Å²) < 4.78 is 11.9. The van der Waals surface area contributed by atoms with Gasteiger partial charge in [-0.3, -0.25) is 14.6 Å². The molecule has 3 aromatic heterocycles. The van der Waals surface area contributed by atoms with Crippen LogP contribution in [0.15, 0.2) is 39.9 Å². The van der Waals surface area contributed by atoms with Crippen molar-refractivity contribution in [2.45, 2.75) is 40.2 Å². The topological polar surface area (TPSA) is 103 Å². The van der Waals surface area contributed by atoms with Crippen molar-refractivity contribution in [3.05, 3.63) is 58.0 Å². The van der Waals surface area contributed by atoms with Crippen LogP contribution in [0.5, 0.6) is 0 Å². The van der Waals surface area contributed by atoms with Crippen molar-refractivity contribution in [1.29, 1.82) is 0 Å². The molecule has 0 N–H and O–H groups in total. The minimum absolute atomic E-state index is 0.0780. The van der Waals surface area contributed by atoms with E-state index in [-0.39, 0.29) is 24.0 Å². The molecule has 168 valence electrons. The van der Waals surface area contributed by atoms with Gasteiger partial charge in [0.2, 0.25) is 0 Å². The van der Waals surface area contributed by atoms with E-state index in [0.29, 0.717) is 44.0 Å². The SMILES string of the molecule is CCOC(=O)C1CCN(c2cnn(Cc3c(-c4ccc(C)nc4)noc3C)c(=O)c2)CC1. The molecule has 0 radical (unpaired) electrons. The number of nitrogens with zero attached hydrogens (tertiary/aromatic N) is 5. The molecule has 1 aliphatic rings. The Balaban J connectivity index is 1.49. The number of carbonyl (C=O) groups is 1. The van der Waals surface area contributed by atoms with Crippen molar-refractivity contribution >= 4 is 11.7 Å². The summed E-state index contributed by atoms with van der Waals surface area (Å²) in [7, 11) is 0. The van der Waals surface area contributed by atoms with E-state index in [1.165, 1.54) is 4.68 Å². The molecule has 0 bridgehead atoms. The zero-order chi connectivity index (χ0) is 22.7. The molecule has 9 heteroatoms. The van der Waals surface area contributed by atoms with Gasteiger partial charge in [-0.2, -0.15) is 5.10 Å². The number of hydrogen-bond acceptors (Lipinski definition) is 8. The Morgan fingerprint density at radius 3 is 2.66 bits per heavy atom. The van der Waals surface area contributed by atoms with E-state index in [1.807, 2.05) is 32.9 Å². The molecule has 1 fully saturated rings. The third-order valence-electron chi connectivity index (χ3n) is 5.81. The third-order valence-corrected chi connectivity index (χ3v) is 5.81. The van der Waals surface area contributed by atoms with Crippen LogP contribution in [-0.2, 0) is 16.1 Å². The van der Waals surface area contributed by atoms with Gasteiger partial charge in [-0.25, -0.2) is 4.68 Å². The van der Waals surface area contributed by atoms with Crippen LogP contribution in [0.25, 0.3) is 11.3 Å². The second-order valence-corrected chi connectivity index (χ2v) is 7.98. The number of aryl methyl sites for hydroxylation is 2. The maximum absolute atomic E-state index is 12.8. The fourth-order valence-electron chi connectivity index (χ4n) is 3.91. The van der Waals surface area contributed by atoms with Crippen LogP contribution in [0.3, 0.4) is 0 Å². The number of ether oxygens (including phenoxy) is 1. The molecule has 4 heterocycles. The lowest BCUT2D eigenvalue weighted by molar-refractivity contribution is -0.148. The van der Waals surface area contributed by atoms with Crippen LogP contribution < -0.4 is 10.5 Å². The lowest BCUT2D eigenvalue weighted by Gasteiger charge is -2.32. The summed E-state index contributed by atoms with van der Waals surface area (Å²) in [5.41, 5.74) is 3.76. The molecule has 4 rings (SSSR count). The zero-order valence-electron chi connectivity index (χ0n) is 18.6. The first-order valence-electron chi connectivity index (χ1n) is 10.8. The third kappa shape index (κ3) is 4.56.